The smallest absolute Gasteiger partial charge is 0.337 e. The fourth-order valence-corrected chi connectivity index (χ4v) is 4.42. The Balaban J connectivity index is 1.45. The molecular formula is C28H26N2O6. The maximum absolute atomic E-state index is 13.4. The number of carbonyl (C=O) groups is 2. The van der Waals surface area contributed by atoms with E-state index in [-0.39, 0.29) is 12.5 Å². The summed E-state index contributed by atoms with van der Waals surface area (Å²) < 4.78 is 16.4. The van der Waals surface area contributed by atoms with Gasteiger partial charge in [0.05, 0.1) is 30.9 Å². The molecule has 0 bridgehead atoms. The number of hydrogen-bond acceptors (Lipinski definition) is 6. The number of H-pyrrole nitrogens is 1. The summed E-state index contributed by atoms with van der Waals surface area (Å²) in [6.45, 7) is 0.453. The van der Waals surface area contributed by atoms with Gasteiger partial charge in [0.15, 0.2) is 11.5 Å². The molecule has 0 spiro atoms. The van der Waals surface area contributed by atoms with E-state index in [4.69, 9.17) is 14.2 Å². The van der Waals surface area contributed by atoms with Gasteiger partial charge in [-0.2, -0.15) is 0 Å². The van der Waals surface area contributed by atoms with Crippen LogP contribution in [0.2, 0.25) is 0 Å². The van der Waals surface area contributed by atoms with E-state index in [1.807, 2.05) is 36.5 Å². The van der Waals surface area contributed by atoms with E-state index in [9.17, 15) is 14.7 Å². The van der Waals surface area contributed by atoms with Gasteiger partial charge in [-0.05, 0) is 53.4 Å². The molecule has 4 aromatic rings. The third-order valence-electron chi connectivity index (χ3n) is 6.20. The molecule has 1 aliphatic rings. The van der Waals surface area contributed by atoms with Gasteiger partial charge in [0.2, 0.25) is 0 Å². The van der Waals surface area contributed by atoms with Gasteiger partial charge in [0.25, 0.3) is 5.91 Å². The summed E-state index contributed by atoms with van der Waals surface area (Å²) in [6.07, 6.45) is 2.35. The van der Waals surface area contributed by atoms with Crippen molar-refractivity contribution in [1.82, 2.24) is 10.3 Å². The van der Waals surface area contributed by atoms with E-state index < -0.39 is 12.0 Å². The van der Waals surface area contributed by atoms with E-state index in [1.165, 1.54) is 7.11 Å². The molecule has 0 fully saturated rings. The number of hydrogen-bond donors (Lipinski definition) is 3. The molecule has 1 amide bonds. The summed E-state index contributed by atoms with van der Waals surface area (Å²) in [7, 11) is 1.33. The summed E-state index contributed by atoms with van der Waals surface area (Å²) in [5.74, 6) is -0.0306. The van der Waals surface area contributed by atoms with Crippen LogP contribution in [0.15, 0.2) is 66.9 Å². The average molecular weight is 487 g/mol. The SMILES string of the molecule is COC(=O)c1cccc(-c2cc3c(c(C(=O)NC(CO)Cc4c[nH]c5ccccc45)c2)OCCO3)c1. The van der Waals surface area contributed by atoms with E-state index >= 15 is 0 Å². The number of aromatic nitrogens is 1. The number of ether oxygens (including phenoxy) is 3. The van der Waals surface area contributed by atoms with Gasteiger partial charge in [-0.25, -0.2) is 4.79 Å². The number of para-hydroxylation sites is 1. The highest BCUT2D eigenvalue weighted by molar-refractivity contribution is 6.00. The highest BCUT2D eigenvalue weighted by Crippen LogP contribution is 2.38. The molecule has 3 N–H and O–H groups in total. The number of carbonyl (C=O) groups excluding carboxylic acids is 2. The van der Waals surface area contributed by atoms with Gasteiger partial charge in [-0.3, -0.25) is 4.79 Å². The lowest BCUT2D eigenvalue weighted by Gasteiger charge is -2.23. The molecule has 3 aromatic carbocycles. The number of nitrogens with one attached hydrogen (secondary N) is 2. The fourth-order valence-electron chi connectivity index (χ4n) is 4.42. The lowest BCUT2D eigenvalue weighted by Crippen LogP contribution is -2.39. The van der Waals surface area contributed by atoms with E-state index in [0.717, 1.165) is 22.0 Å². The molecule has 5 rings (SSSR count). The van der Waals surface area contributed by atoms with Crippen molar-refractivity contribution in [2.45, 2.75) is 12.5 Å². The molecule has 2 heterocycles. The number of aliphatic hydroxyl groups excluding tert-OH is 1. The van der Waals surface area contributed by atoms with Gasteiger partial charge in [-0.15, -0.1) is 0 Å². The molecule has 184 valence electrons. The number of aromatic amines is 1. The van der Waals surface area contributed by atoms with Crippen molar-refractivity contribution in [2.75, 3.05) is 26.9 Å². The van der Waals surface area contributed by atoms with Crippen LogP contribution < -0.4 is 14.8 Å². The maximum atomic E-state index is 13.4. The zero-order valence-electron chi connectivity index (χ0n) is 19.7. The standard InChI is InChI=1S/C28H26N2O6/c1-34-28(33)18-6-4-5-17(11-18)19-13-23(26-25(14-19)35-9-10-36-26)27(32)30-21(16-31)12-20-15-29-24-8-3-2-7-22(20)24/h2-8,11,13-15,21,29,31H,9-10,12,16H2,1H3,(H,30,32). The summed E-state index contributed by atoms with van der Waals surface area (Å²) in [5.41, 5.74) is 4.10. The lowest BCUT2D eigenvalue weighted by molar-refractivity contribution is 0.0600. The number of benzene rings is 3. The number of methoxy groups -OCH3 is 1. The fraction of sp³-hybridized carbons (Fsp3) is 0.214. The second-order valence-corrected chi connectivity index (χ2v) is 8.54. The molecule has 1 aromatic heterocycles. The summed E-state index contributed by atoms with van der Waals surface area (Å²) in [4.78, 5) is 28.7. The second-order valence-electron chi connectivity index (χ2n) is 8.54. The number of esters is 1. The predicted octanol–water partition coefficient (Wildman–Crippen LogP) is 3.73. The second kappa shape index (κ2) is 10.1. The van der Waals surface area contributed by atoms with Crippen molar-refractivity contribution in [3.63, 3.8) is 0 Å². The monoisotopic (exact) mass is 486 g/mol. The topological polar surface area (TPSA) is 110 Å². The van der Waals surface area contributed by atoms with Crippen LogP contribution in [-0.4, -0.2) is 54.9 Å². The first kappa shape index (κ1) is 23.4. The predicted molar refractivity (Wildman–Crippen MR) is 135 cm³/mol. The molecular weight excluding hydrogens is 460 g/mol. The van der Waals surface area contributed by atoms with Crippen LogP contribution >= 0.6 is 0 Å². The highest BCUT2D eigenvalue weighted by Gasteiger charge is 2.25. The van der Waals surface area contributed by atoms with Crippen LogP contribution in [0.5, 0.6) is 11.5 Å². The Morgan fingerprint density at radius 1 is 1.06 bits per heavy atom. The van der Waals surface area contributed by atoms with Crippen LogP contribution in [-0.2, 0) is 11.2 Å². The van der Waals surface area contributed by atoms with E-state index in [1.54, 1.807) is 30.3 Å². The largest absolute Gasteiger partial charge is 0.486 e. The molecule has 1 aliphatic heterocycles. The van der Waals surface area contributed by atoms with Crippen LogP contribution in [0.4, 0.5) is 0 Å². The van der Waals surface area contributed by atoms with Crippen LogP contribution in [0.25, 0.3) is 22.0 Å². The summed E-state index contributed by atoms with van der Waals surface area (Å²) >= 11 is 0. The Hall–Kier alpha value is -4.30. The van der Waals surface area contributed by atoms with Crippen molar-refractivity contribution in [3.05, 3.63) is 83.6 Å². The molecule has 36 heavy (non-hydrogen) atoms. The zero-order chi connectivity index (χ0) is 25.1. The van der Waals surface area contributed by atoms with Crippen molar-refractivity contribution in [1.29, 1.82) is 0 Å². The number of aliphatic hydroxyl groups is 1. The molecule has 8 heteroatoms. The van der Waals surface area contributed by atoms with E-state index in [0.29, 0.717) is 47.8 Å². The Morgan fingerprint density at radius 3 is 2.72 bits per heavy atom. The van der Waals surface area contributed by atoms with Crippen LogP contribution in [0.3, 0.4) is 0 Å². The zero-order valence-corrected chi connectivity index (χ0v) is 19.7. The first-order chi connectivity index (χ1) is 17.6. The first-order valence-electron chi connectivity index (χ1n) is 11.7. The Morgan fingerprint density at radius 2 is 1.89 bits per heavy atom. The van der Waals surface area contributed by atoms with Crippen molar-refractivity contribution in [2.24, 2.45) is 0 Å². The lowest BCUT2D eigenvalue weighted by atomic mass is 9.98. The van der Waals surface area contributed by atoms with E-state index in [2.05, 4.69) is 10.3 Å². The van der Waals surface area contributed by atoms with Crippen LogP contribution in [0.1, 0.15) is 26.3 Å². The van der Waals surface area contributed by atoms with Gasteiger partial charge in [0.1, 0.15) is 13.2 Å². The van der Waals surface area contributed by atoms with Gasteiger partial charge >= 0.3 is 5.97 Å². The Labute approximate surface area is 207 Å². The molecule has 0 aliphatic carbocycles. The average Bonchev–Trinajstić information content (AvgIpc) is 3.34. The Bertz CT molecular complexity index is 1430. The summed E-state index contributed by atoms with van der Waals surface area (Å²) in [5, 5.41) is 14.0. The van der Waals surface area contributed by atoms with Crippen LogP contribution in [0, 0.1) is 0 Å². The van der Waals surface area contributed by atoms with Crippen molar-refractivity contribution < 1.29 is 28.9 Å². The maximum Gasteiger partial charge on any atom is 0.337 e. The number of fused-ring (bicyclic) bond motifs is 2. The quantitative estimate of drug-likeness (QED) is 0.344. The molecule has 0 radical (unpaired) electrons. The summed E-state index contributed by atoms with van der Waals surface area (Å²) in [6, 6.07) is 17.8. The third-order valence-corrected chi connectivity index (χ3v) is 6.20. The van der Waals surface area contributed by atoms with Crippen molar-refractivity contribution >= 4 is 22.8 Å². The first-order valence-corrected chi connectivity index (χ1v) is 11.7. The Kier molecular flexibility index (Phi) is 6.60. The molecule has 1 unspecified atom stereocenters. The minimum absolute atomic E-state index is 0.230. The molecule has 0 saturated heterocycles. The normalized spacial score (nSPS) is 13.3. The van der Waals surface area contributed by atoms with Gasteiger partial charge in [0, 0.05) is 17.1 Å². The molecule has 1 atom stereocenters. The number of rotatable bonds is 7. The minimum atomic E-state index is -0.511. The van der Waals surface area contributed by atoms with Gasteiger partial charge in [-0.1, -0.05) is 30.3 Å². The highest BCUT2D eigenvalue weighted by atomic mass is 16.6. The number of amides is 1. The third kappa shape index (κ3) is 4.63. The van der Waals surface area contributed by atoms with Crippen molar-refractivity contribution in [3.8, 4) is 22.6 Å². The minimum Gasteiger partial charge on any atom is -0.486 e. The molecule has 0 saturated carbocycles. The van der Waals surface area contributed by atoms with Gasteiger partial charge < -0.3 is 29.6 Å². The molecule has 8 nitrogen and oxygen atoms in total.